The maximum absolute atomic E-state index is 11.9. The van der Waals surface area contributed by atoms with Gasteiger partial charge in [0.15, 0.2) is 0 Å². The van der Waals surface area contributed by atoms with Crippen LogP contribution in [0.5, 0.6) is 0 Å². The average molecular weight is 235 g/mol. The number of rotatable bonds is 3. The second-order valence-corrected chi connectivity index (χ2v) is 6.51. The molecule has 2 atom stereocenters. The molecule has 0 heterocycles. The molecule has 1 aromatic carbocycles. The third kappa shape index (κ3) is 3.48. The molecule has 0 bridgehead atoms. The second-order valence-electron chi connectivity index (χ2n) is 4.51. The molecule has 0 aromatic heterocycles. The lowest BCUT2D eigenvalue weighted by molar-refractivity contribution is 0.629. The zero-order chi connectivity index (χ0) is 12.2. The molecule has 1 unspecified atom stereocenters. The largest absolute Gasteiger partial charge is 0.242 e. The first-order valence-corrected chi connectivity index (χ1v) is 6.29. The van der Waals surface area contributed by atoms with Crippen molar-refractivity contribution in [3.8, 4) is 12.3 Å². The zero-order valence-corrected chi connectivity index (χ0v) is 10.7. The number of terminal acetylenes is 1. The first-order chi connectivity index (χ1) is 7.45. The van der Waals surface area contributed by atoms with Crippen LogP contribution in [0.1, 0.15) is 32.4 Å². The molecule has 3 heteroatoms. The topological polar surface area (TPSA) is 29.1 Å². The second kappa shape index (κ2) is 5.29. The molecule has 0 fully saturated rings. The number of benzene rings is 1. The summed E-state index contributed by atoms with van der Waals surface area (Å²) >= 11 is 0. The van der Waals surface area contributed by atoms with E-state index in [9.17, 15) is 4.21 Å². The Morgan fingerprint density at radius 1 is 1.31 bits per heavy atom. The van der Waals surface area contributed by atoms with E-state index in [-0.39, 0.29) is 10.8 Å². The highest BCUT2D eigenvalue weighted by Gasteiger charge is 2.22. The highest BCUT2D eigenvalue weighted by atomic mass is 32.2. The molecule has 1 rings (SSSR count). The first kappa shape index (κ1) is 13.0. The highest BCUT2D eigenvalue weighted by molar-refractivity contribution is 7.84. The van der Waals surface area contributed by atoms with Crippen molar-refractivity contribution in [2.45, 2.75) is 31.6 Å². The van der Waals surface area contributed by atoms with Gasteiger partial charge in [0.2, 0.25) is 0 Å². The van der Waals surface area contributed by atoms with E-state index in [2.05, 4.69) is 10.6 Å². The van der Waals surface area contributed by atoms with Crippen LogP contribution in [0.2, 0.25) is 0 Å². The van der Waals surface area contributed by atoms with Gasteiger partial charge in [0.05, 0.1) is 15.7 Å². The van der Waals surface area contributed by atoms with Crippen molar-refractivity contribution in [1.29, 1.82) is 0 Å². The predicted octanol–water partition coefficient (Wildman–Crippen LogP) is 2.41. The Balaban J connectivity index is 2.80. The summed E-state index contributed by atoms with van der Waals surface area (Å²) in [5.74, 6) is 2.62. The van der Waals surface area contributed by atoms with Gasteiger partial charge >= 0.3 is 0 Å². The fourth-order valence-corrected chi connectivity index (χ4v) is 1.90. The summed E-state index contributed by atoms with van der Waals surface area (Å²) in [7, 11) is -1.16. The monoisotopic (exact) mass is 235 g/mol. The summed E-state index contributed by atoms with van der Waals surface area (Å²) in [5.41, 5.74) is 0.961. The molecule has 86 valence electrons. The molecule has 1 N–H and O–H groups in total. The van der Waals surface area contributed by atoms with Crippen LogP contribution in [0.4, 0.5) is 0 Å². The van der Waals surface area contributed by atoms with Gasteiger partial charge in [-0.05, 0) is 26.3 Å². The molecular weight excluding hydrogens is 218 g/mol. The lowest BCUT2D eigenvalue weighted by atomic mass is 10.1. The third-order valence-electron chi connectivity index (χ3n) is 2.08. The molecule has 2 nitrogen and oxygen atoms in total. The Morgan fingerprint density at radius 3 is 2.31 bits per heavy atom. The number of hydrogen-bond acceptors (Lipinski definition) is 1. The Hall–Kier alpha value is -1.11. The van der Waals surface area contributed by atoms with Crippen LogP contribution in [-0.4, -0.2) is 8.96 Å². The molecule has 0 aliphatic heterocycles. The van der Waals surface area contributed by atoms with E-state index in [4.69, 9.17) is 6.42 Å². The van der Waals surface area contributed by atoms with Crippen LogP contribution in [0.25, 0.3) is 0 Å². The maximum atomic E-state index is 11.9. The van der Waals surface area contributed by atoms with E-state index in [0.717, 1.165) is 5.56 Å². The van der Waals surface area contributed by atoms with Crippen molar-refractivity contribution in [2.24, 2.45) is 0 Å². The van der Waals surface area contributed by atoms with Crippen LogP contribution >= 0.6 is 0 Å². The predicted molar refractivity (Wildman–Crippen MR) is 69.0 cm³/mol. The van der Waals surface area contributed by atoms with Crippen molar-refractivity contribution in [3.63, 3.8) is 0 Å². The Morgan fingerprint density at radius 2 is 1.88 bits per heavy atom. The molecule has 0 saturated carbocycles. The van der Waals surface area contributed by atoms with Crippen LogP contribution < -0.4 is 4.72 Å². The lowest BCUT2D eigenvalue weighted by Gasteiger charge is -2.21. The molecule has 1 aromatic rings. The van der Waals surface area contributed by atoms with Crippen molar-refractivity contribution in [1.82, 2.24) is 4.72 Å². The SMILES string of the molecule is C#C[C@@H](NS(=O)C(C)(C)C)c1ccccc1. The van der Waals surface area contributed by atoms with Crippen molar-refractivity contribution >= 4 is 11.0 Å². The lowest BCUT2D eigenvalue weighted by Crippen LogP contribution is -2.35. The summed E-state index contributed by atoms with van der Waals surface area (Å²) in [4.78, 5) is 0. The van der Waals surface area contributed by atoms with Gasteiger partial charge in [-0.15, -0.1) is 6.42 Å². The van der Waals surface area contributed by atoms with E-state index < -0.39 is 11.0 Å². The summed E-state index contributed by atoms with van der Waals surface area (Å²) < 4.78 is 14.6. The Labute approximate surface area is 100 Å². The quantitative estimate of drug-likeness (QED) is 0.801. The number of hydrogen-bond donors (Lipinski definition) is 1. The summed E-state index contributed by atoms with van der Waals surface area (Å²) in [6, 6.07) is 9.32. The molecule has 0 amide bonds. The van der Waals surface area contributed by atoms with Gasteiger partial charge in [-0.1, -0.05) is 36.3 Å². The van der Waals surface area contributed by atoms with Crippen molar-refractivity contribution < 1.29 is 4.21 Å². The smallest absolute Gasteiger partial charge is 0.105 e. The summed E-state index contributed by atoms with van der Waals surface area (Å²) in [6.45, 7) is 5.73. The molecule has 16 heavy (non-hydrogen) atoms. The van der Waals surface area contributed by atoms with Gasteiger partial charge < -0.3 is 0 Å². The van der Waals surface area contributed by atoms with E-state index in [1.54, 1.807) is 0 Å². The Bertz CT molecular complexity index is 400. The minimum Gasteiger partial charge on any atom is -0.242 e. The third-order valence-corrected chi connectivity index (χ3v) is 3.64. The van der Waals surface area contributed by atoms with Crippen LogP contribution in [0, 0.1) is 12.3 Å². The van der Waals surface area contributed by atoms with Gasteiger partial charge in [0, 0.05) is 0 Å². The fraction of sp³-hybridized carbons (Fsp3) is 0.385. The minimum absolute atomic E-state index is 0.304. The van der Waals surface area contributed by atoms with E-state index >= 15 is 0 Å². The van der Waals surface area contributed by atoms with Crippen LogP contribution in [0.3, 0.4) is 0 Å². The molecule has 0 radical (unpaired) electrons. The fourth-order valence-electron chi connectivity index (χ4n) is 1.13. The van der Waals surface area contributed by atoms with Crippen LogP contribution in [-0.2, 0) is 11.0 Å². The Kier molecular flexibility index (Phi) is 4.28. The van der Waals surface area contributed by atoms with E-state index in [0.29, 0.717) is 0 Å². The summed E-state index contributed by atoms with van der Waals surface area (Å²) in [5, 5.41) is 0. The van der Waals surface area contributed by atoms with E-state index in [1.807, 2.05) is 51.1 Å². The molecular formula is C13H17NOS. The normalized spacial score (nSPS) is 15.1. The van der Waals surface area contributed by atoms with Crippen molar-refractivity contribution in [3.05, 3.63) is 35.9 Å². The number of nitrogens with one attached hydrogen (secondary N) is 1. The zero-order valence-electron chi connectivity index (χ0n) is 9.86. The maximum Gasteiger partial charge on any atom is 0.105 e. The molecule has 0 saturated heterocycles. The van der Waals surface area contributed by atoms with Crippen LogP contribution in [0.15, 0.2) is 30.3 Å². The standard InChI is InChI=1S/C13H17NOS/c1-5-12(11-9-7-6-8-10-11)14-16(15)13(2,3)4/h1,6-10,12,14H,2-4H3/t12-,16?/m1/s1. The van der Waals surface area contributed by atoms with Gasteiger partial charge in [-0.2, -0.15) is 0 Å². The van der Waals surface area contributed by atoms with Gasteiger partial charge in [-0.25, -0.2) is 8.93 Å². The van der Waals surface area contributed by atoms with Crippen molar-refractivity contribution in [2.75, 3.05) is 0 Å². The van der Waals surface area contributed by atoms with Gasteiger partial charge in [0.25, 0.3) is 0 Å². The molecule has 0 aliphatic carbocycles. The van der Waals surface area contributed by atoms with E-state index in [1.165, 1.54) is 0 Å². The highest BCUT2D eigenvalue weighted by Crippen LogP contribution is 2.16. The molecule has 0 spiro atoms. The van der Waals surface area contributed by atoms with Gasteiger partial charge in [-0.3, -0.25) is 0 Å². The molecule has 0 aliphatic rings. The minimum atomic E-state index is -1.16. The first-order valence-electron chi connectivity index (χ1n) is 5.14. The van der Waals surface area contributed by atoms with Gasteiger partial charge in [0.1, 0.15) is 6.04 Å². The summed E-state index contributed by atoms with van der Waals surface area (Å²) in [6.07, 6.45) is 5.45. The average Bonchev–Trinajstić information content (AvgIpc) is 2.25.